The van der Waals surface area contributed by atoms with Crippen LogP contribution < -0.4 is 5.32 Å². The van der Waals surface area contributed by atoms with Gasteiger partial charge in [-0.05, 0) is 49.9 Å². The number of nitrogens with one attached hydrogen (secondary N) is 1. The largest absolute Gasteiger partial charge is 0.354 e. The van der Waals surface area contributed by atoms with Crippen LogP contribution in [0.4, 0.5) is 0 Å². The van der Waals surface area contributed by atoms with Crippen molar-refractivity contribution in [1.82, 2.24) is 10.2 Å². The zero-order chi connectivity index (χ0) is 22.1. The number of benzene rings is 2. The maximum atomic E-state index is 13.1. The average Bonchev–Trinajstić information content (AvgIpc) is 2.72. The second-order valence-corrected chi connectivity index (χ2v) is 8.41. The van der Waals surface area contributed by atoms with E-state index in [1.54, 1.807) is 30.0 Å². The Morgan fingerprint density at radius 2 is 1.80 bits per heavy atom. The van der Waals surface area contributed by atoms with Gasteiger partial charge in [0.1, 0.15) is 6.04 Å². The number of unbranched alkanes of at least 4 members (excludes halogenated alkanes) is 1. The first-order chi connectivity index (χ1) is 14.3. The second kappa shape index (κ2) is 12.0. The van der Waals surface area contributed by atoms with Crippen LogP contribution in [0.15, 0.2) is 42.5 Å². The van der Waals surface area contributed by atoms with Gasteiger partial charge in [0.05, 0.1) is 0 Å². The zero-order valence-corrected chi connectivity index (χ0v) is 19.4. The topological polar surface area (TPSA) is 49.4 Å². The van der Waals surface area contributed by atoms with Crippen LogP contribution >= 0.6 is 23.2 Å². The third-order valence-electron chi connectivity index (χ3n) is 5.10. The molecule has 0 fully saturated rings. The van der Waals surface area contributed by atoms with Gasteiger partial charge in [-0.3, -0.25) is 9.59 Å². The molecule has 162 valence electrons. The Morgan fingerprint density at radius 3 is 2.43 bits per heavy atom. The summed E-state index contributed by atoms with van der Waals surface area (Å²) in [7, 11) is 0. The van der Waals surface area contributed by atoms with Gasteiger partial charge in [-0.25, -0.2) is 0 Å². The molecule has 30 heavy (non-hydrogen) atoms. The van der Waals surface area contributed by atoms with Gasteiger partial charge < -0.3 is 10.2 Å². The average molecular weight is 449 g/mol. The fourth-order valence-corrected chi connectivity index (χ4v) is 3.57. The summed E-state index contributed by atoms with van der Waals surface area (Å²) in [6.07, 6.45) is 2.84. The van der Waals surface area contributed by atoms with Crippen LogP contribution in [0.1, 0.15) is 49.8 Å². The maximum Gasteiger partial charge on any atom is 0.242 e. The minimum Gasteiger partial charge on any atom is -0.354 e. The first kappa shape index (κ1) is 24.2. The fourth-order valence-electron chi connectivity index (χ4n) is 3.10. The molecule has 1 N–H and O–H groups in total. The molecule has 0 radical (unpaired) electrons. The summed E-state index contributed by atoms with van der Waals surface area (Å²) in [6.45, 7) is 6.72. The van der Waals surface area contributed by atoms with Crippen molar-refractivity contribution in [2.75, 3.05) is 6.54 Å². The smallest absolute Gasteiger partial charge is 0.242 e. The zero-order valence-electron chi connectivity index (χ0n) is 17.9. The molecule has 0 spiro atoms. The SMILES string of the molecule is CCCCNC(=O)[C@H](C)N(Cc1ccc(Cl)cc1Cl)C(=O)CCc1ccc(C)cc1. The summed E-state index contributed by atoms with van der Waals surface area (Å²) < 4.78 is 0. The first-order valence-electron chi connectivity index (χ1n) is 10.4. The third kappa shape index (κ3) is 7.33. The van der Waals surface area contributed by atoms with Crippen molar-refractivity contribution >= 4 is 35.0 Å². The van der Waals surface area contributed by atoms with Gasteiger partial charge in [0.15, 0.2) is 0 Å². The molecular formula is C24H30Cl2N2O2. The lowest BCUT2D eigenvalue weighted by Crippen LogP contribution is -2.47. The molecule has 4 nitrogen and oxygen atoms in total. The minimum atomic E-state index is -0.598. The molecule has 0 unspecified atom stereocenters. The highest BCUT2D eigenvalue weighted by Gasteiger charge is 2.26. The summed E-state index contributed by atoms with van der Waals surface area (Å²) in [5.41, 5.74) is 3.04. The minimum absolute atomic E-state index is 0.0836. The Hall–Kier alpha value is -2.04. The lowest BCUT2D eigenvalue weighted by molar-refractivity contribution is -0.140. The summed E-state index contributed by atoms with van der Waals surface area (Å²) in [5, 5.41) is 3.94. The van der Waals surface area contributed by atoms with Crippen molar-refractivity contribution in [3.05, 3.63) is 69.2 Å². The van der Waals surface area contributed by atoms with Crippen LogP contribution in [0.2, 0.25) is 10.0 Å². The molecule has 0 saturated heterocycles. The molecule has 2 amide bonds. The summed E-state index contributed by atoms with van der Waals surface area (Å²) in [6, 6.07) is 12.7. The monoisotopic (exact) mass is 448 g/mol. The molecule has 0 aliphatic carbocycles. The van der Waals surface area contributed by atoms with Crippen LogP contribution in [-0.2, 0) is 22.6 Å². The lowest BCUT2D eigenvalue weighted by Gasteiger charge is -2.29. The quantitative estimate of drug-likeness (QED) is 0.483. The number of hydrogen-bond acceptors (Lipinski definition) is 2. The van der Waals surface area contributed by atoms with E-state index in [1.807, 2.05) is 31.2 Å². The number of hydrogen-bond donors (Lipinski definition) is 1. The van der Waals surface area contributed by atoms with E-state index in [1.165, 1.54) is 5.56 Å². The van der Waals surface area contributed by atoms with E-state index in [2.05, 4.69) is 12.2 Å². The van der Waals surface area contributed by atoms with Crippen molar-refractivity contribution in [3.63, 3.8) is 0 Å². The van der Waals surface area contributed by atoms with Gasteiger partial charge in [0.2, 0.25) is 11.8 Å². The molecule has 0 heterocycles. The van der Waals surface area contributed by atoms with Crippen LogP contribution in [0.3, 0.4) is 0 Å². The molecule has 0 aromatic heterocycles. The van der Waals surface area contributed by atoms with E-state index in [9.17, 15) is 9.59 Å². The summed E-state index contributed by atoms with van der Waals surface area (Å²) in [5.74, 6) is -0.239. The highest BCUT2D eigenvalue weighted by molar-refractivity contribution is 6.35. The van der Waals surface area contributed by atoms with Crippen molar-refractivity contribution in [1.29, 1.82) is 0 Å². The van der Waals surface area contributed by atoms with Crippen molar-refractivity contribution in [2.45, 2.75) is 59.0 Å². The molecule has 1 atom stereocenters. The van der Waals surface area contributed by atoms with E-state index < -0.39 is 6.04 Å². The van der Waals surface area contributed by atoms with Gasteiger partial charge in [-0.1, -0.05) is 72.4 Å². The van der Waals surface area contributed by atoms with Crippen molar-refractivity contribution in [3.8, 4) is 0 Å². The summed E-state index contributed by atoms with van der Waals surface area (Å²) in [4.78, 5) is 27.4. The number of rotatable bonds is 10. The molecule has 0 aliphatic rings. The van der Waals surface area contributed by atoms with Crippen LogP contribution in [-0.4, -0.2) is 29.3 Å². The molecule has 2 aromatic rings. The van der Waals surface area contributed by atoms with Crippen LogP contribution in [0.25, 0.3) is 0 Å². The standard InChI is InChI=1S/C24H30Cl2N2O2/c1-4-5-14-27-24(30)18(3)28(16-20-11-12-21(25)15-22(20)26)23(29)13-10-19-8-6-17(2)7-9-19/h6-9,11-12,15,18H,4-5,10,13-14,16H2,1-3H3,(H,27,30)/t18-/m0/s1. The normalized spacial score (nSPS) is 11.8. The predicted molar refractivity (Wildman–Crippen MR) is 124 cm³/mol. The fraction of sp³-hybridized carbons (Fsp3) is 0.417. The van der Waals surface area contributed by atoms with Gasteiger partial charge in [0, 0.05) is 29.6 Å². The van der Waals surface area contributed by atoms with Crippen molar-refractivity contribution < 1.29 is 9.59 Å². The van der Waals surface area contributed by atoms with Gasteiger partial charge in [-0.15, -0.1) is 0 Å². The van der Waals surface area contributed by atoms with Crippen molar-refractivity contribution in [2.24, 2.45) is 0 Å². The Kier molecular flexibility index (Phi) is 9.67. The van der Waals surface area contributed by atoms with Crippen LogP contribution in [0.5, 0.6) is 0 Å². The maximum absolute atomic E-state index is 13.1. The number of amides is 2. The molecule has 2 aromatic carbocycles. The van der Waals surface area contributed by atoms with E-state index in [4.69, 9.17) is 23.2 Å². The predicted octanol–water partition coefficient (Wildman–Crippen LogP) is 5.57. The lowest BCUT2D eigenvalue weighted by atomic mass is 10.1. The highest BCUT2D eigenvalue weighted by Crippen LogP contribution is 2.23. The van der Waals surface area contributed by atoms with Gasteiger partial charge >= 0.3 is 0 Å². The van der Waals surface area contributed by atoms with Crippen LogP contribution in [0, 0.1) is 6.92 Å². The Morgan fingerprint density at radius 1 is 1.10 bits per heavy atom. The van der Waals surface area contributed by atoms with Gasteiger partial charge in [-0.2, -0.15) is 0 Å². The number of carbonyl (C=O) groups excluding carboxylic acids is 2. The van der Waals surface area contributed by atoms with E-state index >= 15 is 0 Å². The third-order valence-corrected chi connectivity index (χ3v) is 5.69. The number of nitrogens with zero attached hydrogens (tertiary/aromatic N) is 1. The summed E-state index contributed by atoms with van der Waals surface area (Å²) >= 11 is 12.3. The second-order valence-electron chi connectivity index (χ2n) is 7.56. The number of aryl methyl sites for hydroxylation is 2. The van der Waals surface area contributed by atoms with E-state index in [0.29, 0.717) is 29.4 Å². The Bertz CT molecular complexity index is 853. The highest BCUT2D eigenvalue weighted by atomic mass is 35.5. The van der Waals surface area contributed by atoms with E-state index in [0.717, 1.165) is 24.0 Å². The molecule has 2 rings (SSSR count). The Labute approximate surface area is 189 Å². The number of carbonyl (C=O) groups is 2. The molecule has 0 aliphatic heterocycles. The van der Waals surface area contributed by atoms with Gasteiger partial charge in [0.25, 0.3) is 0 Å². The molecule has 0 bridgehead atoms. The first-order valence-corrected chi connectivity index (χ1v) is 11.1. The van der Waals surface area contributed by atoms with E-state index in [-0.39, 0.29) is 18.4 Å². The molecule has 0 saturated carbocycles. The molecular weight excluding hydrogens is 419 g/mol. The number of halogens is 2. The Balaban J connectivity index is 2.14. The molecule has 6 heteroatoms.